The summed E-state index contributed by atoms with van der Waals surface area (Å²) in [7, 11) is 3.79. The van der Waals surface area contributed by atoms with Crippen LogP contribution in [0.2, 0.25) is 0 Å². The van der Waals surface area contributed by atoms with Crippen LogP contribution in [0.25, 0.3) is 10.2 Å². The molecule has 36 heavy (non-hydrogen) atoms. The van der Waals surface area contributed by atoms with Crippen LogP contribution < -0.4 is 26.0 Å². The normalized spacial score (nSPS) is 16.8. The molecule has 0 saturated carbocycles. The molecule has 5 rings (SSSR count). The Morgan fingerprint density at radius 1 is 1.14 bits per heavy atom. The van der Waals surface area contributed by atoms with Crippen LogP contribution in [0, 0.1) is 0 Å². The van der Waals surface area contributed by atoms with E-state index in [-0.39, 0.29) is 0 Å². The molecule has 1 unspecified atom stereocenters. The summed E-state index contributed by atoms with van der Waals surface area (Å²) in [5, 5.41) is 7.49. The molecule has 0 fully saturated rings. The van der Waals surface area contributed by atoms with Crippen LogP contribution in [-0.2, 0) is 17.9 Å². The summed E-state index contributed by atoms with van der Waals surface area (Å²) >= 11 is 5.28. The molecule has 7 nitrogen and oxygen atoms in total. The monoisotopic (exact) mass is 567 g/mol. The van der Waals surface area contributed by atoms with Crippen molar-refractivity contribution in [3.8, 4) is 5.75 Å². The number of fused-ring (bicyclic) bond motifs is 3. The van der Waals surface area contributed by atoms with Crippen molar-refractivity contribution in [2.24, 2.45) is 0 Å². The van der Waals surface area contributed by atoms with Gasteiger partial charge in [-0.3, -0.25) is 5.32 Å². The summed E-state index contributed by atoms with van der Waals surface area (Å²) < 4.78 is 13.4. The highest BCUT2D eigenvalue weighted by Crippen LogP contribution is 2.49. The van der Waals surface area contributed by atoms with Gasteiger partial charge in [-0.05, 0) is 51.7 Å². The quantitative estimate of drug-likeness (QED) is 0.204. The molecule has 188 valence electrons. The minimum atomic E-state index is -0.543. The number of methoxy groups -OCH3 is 1. The van der Waals surface area contributed by atoms with Crippen molar-refractivity contribution < 1.29 is 9.47 Å². The predicted octanol–water partition coefficient (Wildman–Crippen LogP) is 5.95. The Bertz CT molecular complexity index is 1330. The molecule has 4 N–H and O–H groups in total. The Morgan fingerprint density at radius 2 is 1.92 bits per heavy atom. The van der Waals surface area contributed by atoms with Gasteiger partial charge in [-0.15, -0.1) is 11.3 Å². The smallest absolute Gasteiger partial charge is 0.167 e. The number of pyridine rings is 1. The van der Waals surface area contributed by atoms with Gasteiger partial charge in [0.2, 0.25) is 0 Å². The molecule has 2 aromatic heterocycles. The van der Waals surface area contributed by atoms with Crippen molar-refractivity contribution in [3.63, 3.8) is 0 Å². The first-order valence-electron chi connectivity index (χ1n) is 11.9. The molecule has 0 radical (unpaired) electrons. The zero-order valence-corrected chi connectivity index (χ0v) is 22.8. The first kappa shape index (κ1) is 24.8. The molecule has 1 aliphatic heterocycles. The molecule has 9 heteroatoms. The summed E-state index contributed by atoms with van der Waals surface area (Å²) in [6, 6.07) is 20.4. The zero-order chi connectivity index (χ0) is 25.1. The minimum absolute atomic E-state index is 0.503. The molecule has 0 bridgehead atoms. The van der Waals surface area contributed by atoms with Crippen LogP contribution in [-0.4, -0.2) is 31.5 Å². The Morgan fingerprint density at radius 3 is 2.67 bits per heavy atom. The second-order valence-corrected chi connectivity index (χ2v) is 11.3. The fourth-order valence-corrected chi connectivity index (χ4v) is 6.23. The van der Waals surface area contributed by atoms with Gasteiger partial charge in [0.05, 0.1) is 33.4 Å². The molecule has 0 spiro atoms. The van der Waals surface area contributed by atoms with E-state index in [1.807, 2.05) is 36.4 Å². The van der Waals surface area contributed by atoms with Crippen LogP contribution in [0.1, 0.15) is 24.0 Å². The molecule has 2 aromatic carbocycles. The highest BCUT2D eigenvalue weighted by atomic mass is 79.9. The highest BCUT2D eigenvalue weighted by Gasteiger charge is 2.43. The maximum Gasteiger partial charge on any atom is 0.167 e. The van der Waals surface area contributed by atoms with E-state index in [0.717, 1.165) is 49.5 Å². The van der Waals surface area contributed by atoms with E-state index in [1.54, 1.807) is 18.4 Å². The third-order valence-electron chi connectivity index (χ3n) is 6.55. The van der Waals surface area contributed by atoms with Crippen LogP contribution in [0.15, 0.2) is 64.5 Å². The van der Waals surface area contributed by atoms with Gasteiger partial charge in [0.1, 0.15) is 17.3 Å². The Balaban J connectivity index is 1.36. The van der Waals surface area contributed by atoms with Gasteiger partial charge in [0.15, 0.2) is 5.79 Å². The number of nitrogens with one attached hydrogen (secondary N) is 2. The Kier molecular flexibility index (Phi) is 7.34. The fraction of sp³-hybridized carbons (Fsp3) is 0.296. The van der Waals surface area contributed by atoms with Crippen molar-refractivity contribution in [2.75, 3.05) is 36.7 Å². The number of hydrogen-bond acceptors (Lipinski definition) is 8. The first-order chi connectivity index (χ1) is 17.5. The standard InChI is InChI=1S/C27H30BrN5O2S/c1-33-24-23(26(29)31-21-15-22(28)36-25(21)24)32-27(33,30-16-18-9-11-20(34-2)12-10-18)13-6-14-35-17-19-7-4-3-5-8-19/h3-5,7-12,15,30,32H,6,13-14,16-17H2,1-2H3,(H2,29,31). The van der Waals surface area contributed by atoms with Crippen molar-refractivity contribution >= 4 is 54.7 Å². The van der Waals surface area contributed by atoms with Gasteiger partial charge >= 0.3 is 0 Å². The van der Waals surface area contributed by atoms with Crippen molar-refractivity contribution in [1.82, 2.24) is 10.3 Å². The largest absolute Gasteiger partial charge is 0.497 e. The maximum atomic E-state index is 6.43. The van der Waals surface area contributed by atoms with E-state index in [4.69, 9.17) is 15.2 Å². The van der Waals surface area contributed by atoms with E-state index < -0.39 is 5.79 Å². The number of benzene rings is 2. The average Bonchev–Trinajstić information content (AvgIpc) is 3.40. The van der Waals surface area contributed by atoms with Crippen LogP contribution >= 0.6 is 27.3 Å². The zero-order valence-electron chi connectivity index (χ0n) is 20.4. The lowest BCUT2D eigenvalue weighted by Gasteiger charge is -2.39. The molecular weight excluding hydrogens is 538 g/mol. The Hall–Kier alpha value is -2.85. The first-order valence-corrected chi connectivity index (χ1v) is 13.5. The number of hydrogen-bond donors (Lipinski definition) is 3. The summed E-state index contributed by atoms with van der Waals surface area (Å²) in [4.78, 5) is 6.92. The lowest BCUT2D eigenvalue weighted by atomic mass is 10.1. The van der Waals surface area contributed by atoms with Crippen LogP contribution in [0.3, 0.4) is 0 Å². The van der Waals surface area contributed by atoms with E-state index >= 15 is 0 Å². The number of anilines is 3. The van der Waals surface area contributed by atoms with Crippen LogP contribution in [0.4, 0.5) is 17.2 Å². The van der Waals surface area contributed by atoms with E-state index in [9.17, 15) is 0 Å². The maximum absolute atomic E-state index is 6.43. The van der Waals surface area contributed by atoms with Gasteiger partial charge in [-0.1, -0.05) is 42.5 Å². The molecule has 3 heterocycles. The number of thiophene rings is 1. The van der Waals surface area contributed by atoms with Gasteiger partial charge in [0.25, 0.3) is 0 Å². The van der Waals surface area contributed by atoms with Gasteiger partial charge < -0.3 is 25.4 Å². The van der Waals surface area contributed by atoms with Gasteiger partial charge in [0, 0.05) is 26.6 Å². The number of nitrogen functional groups attached to an aromatic ring is 1. The second kappa shape index (κ2) is 10.6. The number of aromatic nitrogens is 1. The number of ether oxygens (including phenoxy) is 2. The molecule has 0 amide bonds. The molecular formula is C27H30BrN5O2S. The van der Waals surface area contributed by atoms with Crippen molar-refractivity contribution in [3.05, 3.63) is 75.6 Å². The number of rotatable bonds is 10. The molecule has 0 saturated heterocycles. The molecule has 4 aromatic rings. The summed E-state index contributed by atoms with van der Waals surface area (Å²) in [6.45, 7) is 1.93. The number of nitrogens with zero attached hydrogens (tertiary/aromatic N) is 2. The second-order valence-electron chi connectivity index (χ2n) is 8.87. The average molecular weight is 569 g/mol. The third-order valence-corrected chi connectivity index (χ3v) is 8.19. The fourth-order valence-electron chi connectivity index (χ4n) is 4.62. The third kappa shape index (κ3) is 5.01. The molecule has 1 atom stereocenters. The summed E-state index contributed by atoms with van der Waals surface area (Å²) in [5.74, 6) is 0.805. The van der Waals surface area contributed by atoms with Crippen molar-refractivity contribution in [1.29, 1.82) is 0 Å². The van der Waals surface area contributed by atoms with E-state index in [2.05, 4.69) is 67.8 Å². The number of nitrogens with two attached hydrogens (primary N) is 1. The van der Waals surface area contributed by atoms with E-state index in [0.29, 0.717) is 25.6 Å². The SMILES string of the molecule is COc1ccc(CNC2(CCCOCc3ccccc3)Nc3c(N)nc4cc(Br)sc4c3N2C)cc1. The lowest BCUT2D eigenvalue weighted by molar-refractivity contribution is 0.111. The van der Waals surface area contributed by atoms with E-state index in [1.165, 1.54) is 5.56 Å². The Labute approximate surface area is 223 Å². The van der Waals surface area contributed by atoms with Gasteiger partial charge in [-0.2, -0.15) is 0 Å². The van der Waals surface area contributed by atoms with Gasteiger partial charge in [-0.25, -0.2) is 4.98 Å². The van der Waals surface area contributed by atoms with Crippen molar-refractivity contribution in [2.45, 2.75) is 31.8 Å². The molecule has 1 aliphatic rings. The van der Waals surface area contributed by atoms with Crippen LogP contribution in [0.5, 0.6) is 5.75 Å². The predicted molar refractivity (Wildman–Crippen MR) is 152 cm³/mol. The minimum Gasteiger partial charge on any atom is -0.497 e. The molecule has 0 aliphatic carbocycles. The summed E-state index contributed by atoms with van der Waals surface area (Å²) in [5.41, 5.74) is 11.6. The lowest BCUT2D eigenvalue weighted by Crippen LogP contribution is -2.60. The number of halogens is 1. The topological polar surface area (TPSA) is 84.7 Å². The summed E-state index contributed by atoms with van der Waals surface area (Å²) in [6.07, 6.45) is 1.66. The highest BCUT2D eigenvalue weighted by molar-refractivity contribution is 9.11.